The molecule has 2 aliphatic rings. The molecule has 30 heavy (non-hydrogen) atoms. The van der Waals surface area contributed by atoms with E-state index in [9.17, 15) is 14.0 Å². The summed E-state index contributed by atoms with van der Waals surface area (Å²) >= 11 is 0. The first-order chi connectivity index (χ1) is 14.6. The first-order valence-corrected chi connectivity index (χ1v) is 10.3. The molecule has 2 saturated heterocycles. The minimum Gasteiger partial charge on any atom is -0.342 e. The Morgan fingerprint density at radius 3 is 2.53 bits per heavy atom. The number of hydrogen-bond donors (Lipinski definition) is 3. The summed E-state index contributed by atoms with van der Waals surface area (Å²) in [6, 6.07) is 13.9. The van der Waals surface area contributed by atoms with Gasteiger partial charge in [-0.15, -0.1) is 0 Å². The highest BCUT2D eigenvalue weighted by molar-refractivity contribution is 5.80. The number of benzene rings is 2. The molecule has 2 fully saturated rings. The van der Waals surface area contributed by atoms with Gasteiger partial charge < -0.3 is 9.88 Å². The van der Waals surface area contributed by atoms with E-state index in [1.807, 2.05) is 33.7 Å². The van der Waals surface area contributed by atoms with Crippen LogP contribution in [0.1, 0.15) is 30.5 Å². The van der Waals surface area contributed by atoms with Crippen LogP contribution in [0.15, 0.2) is 53.3 Å². The maximum atomic E-state index is 13.3. The number of nitrogens with one attached hydrogen (secondary N) is 3. The Morgan fingerprint density at radius 2 is 1.77 bits per heavy atom. The van der Waals surface area contributed by atoms with Crippen LogP contribution < -0.4 is 16.5 Å². The smallest absolute Gasteiger partial charge is 0.326 e. The molecule has 2 aliphatic heterocycles. The number of nitrogens with zero attached hydrogens (tertiary/aromatic N) is 2. The lowest BCUT2D eigenvalue weighted by Gasteiger charge is -2.34. The Kier molecular flexibility index (Phi) is 4.88. The number of aromatic nitrogens is 2. The van der Waals surface area contributed by atoms with Gasteiger partial charge in [0.05, 0.1) is 23.0 Å². The molecule has 2 atom stereocenters. The number of carbonyl (C=O) groups excluding carboxylic acids is 1. The van der Waals surface area contributed by atoms with E-state index in [-0.39, 0.29) is 35.4 Å². The van der Waals surface area contributed by atoms with Gasteiger partial charge in [0, 0.05) is 25.7 Å². The van der Waals surface area contributed by atoms with Crippen molar-refractivity contribution in [1.29, 1.82) is 0 Å². The topological polar surface area (TPSA) is 82.2 Å². The number of imidazole rings is 1. The molecule has 0 radical (unpaired) electrons. The van der Waals surface area contributed by atoms with Gasteiger partial charge in [0.1, 0.15) is 5.82 Å². The van der Waals surface area contributed by atoms with E-state index in [1.165, 1.54) is 12.1 Å². The molecule has 0 saturated carbocycles. The fraction of sp³-hybridized carbons (Fsp3) is 0.364. The van der Waals surface area contributed by atoms with Gasteiger partial charge in [-0.25, -0.2) is 14.6 Å². The van der Waals surface area contributed by atoms with Crippen molar-refractivity contribution in [3.05, 3.63) is 70.4 Å². The fourth-order valence-corrected chi connectivity index (χ4v) is 4.73. The molecular weight excluding hydrogens is 385 g/mol. The van der Waals surface area contributed by atoms with Gasteiger partial charge in [-0.3, -0.25) is 14.8 Å². The van der Waals surface area contributed by atoms with Crippen molar-refractivity contribution in [3.8, 4) is 0 Å². The summed E-state index contributed by atoms with van der Waals surface area (Å²) in [6.07, 6.45) is 1.48. The molecule has 7 nitrogen and oxygen atoms in total. The third-order valence-electron chi connectivity index (χ3n) is 6.29. The second kappa shape index (κ2) is 7.70. The van der Waals surface area contributed by atoms with E-state index in [2.05, 4.69) is 15.8 Å². The molecular formula is C22H24FN5O2. The Morgan fingerprint density at radius 1 is 1.03 bits per heavy atom. The van der Waals surface area contributed by atoms with Crippen molar-refractivity contribution in [2.24, 2.45) is 5.92 Å². The first-order valence-electron chi connectivity index (χ1n) is 10.3. The molecule has 3 aromatic rings. The van der Waals surface area contributed by atoms with Crippen molar-refractivity contribution in [2.75, 3.05) is 19.6 Å². The van der Waals surface area contributed by atoms with Crippen molar-refractivity contribution in [3.63, 3.8) is 0 Å². The second-order valence-electron chi connectivity index (χ2n) is 8.03. The molecule has 0 spiro atoms. The quantitative estimate of drug-likeness (QED) is 0.619. The number of hydrogen-bond acceptors (Lipinski definition) is 4. The number of H-pyrrole nitrogens is 1. The number of fused-ring (bicyclic) bond motifs is 1. The summed E-state index contributed by atoms with van der Waals surface area (Å²) in [7, 11) is 0. The molecule has 3 N–H and O–H groups in total. The van der Waals surface area contributed by atoms with Crippen molar-refractivity contribution in [2.45, 2.75) is 24.9 Å². The van der Waals surface area contributed by atoms with Crippen LogP contribution in [0.25, 0.3) is 11.0 Å². The SMILES string of the molecule is O=C(C1CNNC1c1ccc(F)cc1)N1CCC(n2c(=O)[nH]c3ccccc32)CC1. The number of rotatable bonds is 3. The molecule has 1 aromatic heterocycles. The van der Waals surface area contributed by atoms with Crippen LogP contribution in [0, 0.1) is 11.7 Å². The average Bonchev–Trinajstić information content (AvgIpc) is 3.38. The molecule has 0 bridgehead atoms. The Balaban J connectivity index is 1.29. The number of likely N-dealkylation sites (tertiary alicyclic amines) is 1. The Bertz CT molecular complexity index is 1110. The van der Waals surface area contributed by atoms with Gasteiger partial charge >= 0.3 is 5.69 Å². The lowest BCUT2D eigenvalue weighted by Crippen LogP contribution is -2.44. The number of aromatic amines is 1. The van der Waals surface area contributed by atoms with Gasteiger partial charge in [0.25, 0.3) is 0 Å². The van der Waals surface area contributed by atoms with Gasteiger partial charge in [-0.05, 0) is 42.7 Å². The predicted octanol–water partition coefficient (Wildman–Crippen LogP) is 2.10. The van der Waals surface area contributed by atoms with Crippen LogP contribution in [0.4, 0.5) is 4.39 Å². The maximum absolute atomic E-state index is 13.3. The molecule has 3 heterocycles. The first kappa shape index (κ1) is 19.0. The van der Waals surface area contributed by atoms with Crippen LogP contribution in [0.2, 0.25) is 0 Å². The van der Waals surface area contributed by atoms with Crippen molar-refractivity contribution in [1.82, 2.24) is 25.3 Å². The van der Waals surface area contributed by atoms with Crippen LogP contribution in [-0.4, -0.2) is 40.0 Å². The third kappa shape index (κ3) is 3.32. The number of carbonyl (C=O) groups is 1. The van der Waals surface area contributed by atoms with E-state index in [0.29, 0.717) is 19.6 Å². The molecule has 156 valence electrons. The summed E-state index contributed by atoms with van der Waals surface area (Å²) in [5.74, 6) is -0.448. The third-order valence-corrected chi connectivity index (χ3v) is 6.29. The summed E-state index contributed by atoms with van der Waals surface area (Å²) in [5.41, 5.74) is 8.77. The van der Waals surface area contributed by atoms with Crippen molar-refractivity contribution < 1.29 is 9.18 Å². The highest BCUT2D eigenvalue weighted by Crippen LogP contribution is 2.30. The van der Waals surface area contributed by atoms with Crippen molar-refractivity contribution >= 4 is 16.9 Å². The molecule has 5 rings (SSSR count). The van der Waals surface area contributed by atoms with Crippen LogP contribution in [0.5, 0.6) is 0 Å². The van der Waals surface area contributed by atoms with Gasteiger partial charge in [-0.1, -0.05) is 24.3 Å². The number of piperidine rings is 1. The second-order valence-corrected chi connectivity index (χ2v) is 8.03. The summed E-state index contributed by atoms with van der Waals surface area (Å²) in [5, 5.41) is 0. The minimum atomic E-state index is -0.290. The molecule has 2 aromatic carbocycles. The number of halogens is 1. The largest absolute Gasteiger partial charge is 0.342 e. The highest BCUT2D eigenvalue weighted by atomic mass is 19.1. The molecule has 1 amide bonds. The highest BCUT2D eigenvalue weighted by Gasteiger charge is 2.38. The number of amides is 1. The van der Waals surface area contributed by atoms with Crippen LogP contribution in [0.3, 0.4) is 0 Å². The van der Waals surface area contributed by atoms with Gasteiger partial charge in [-0.2, -0.15) is 0 Å². The summed E-state index contributed by atoms with van der Waals surface area (Å²) < 4.78 is 15.1. The van der Waals surface area contributed by atoms with Crippen LogP contribution in [-0.2, 0) is 4.79 Å². The Labute approximate surface area is 172 Å². The zero-order valence-corrected chi connectivity index (χ0v) is 16.5. The number of para-hydroxylation sites is 2. The Hall–Kier alpha value is -2.97. The fourth-order valence-electron chi connectivity index (χ4n) is 4.73. The predicted molar refractivity (Wildman–Crippen MR) is 111 cm³/mol. The lowest BCUT2D eigenvalue weighted by atomic mass is 9.92. The molecule has 2 unspecified atom stereocenters. The zero-order chi connectivity index (χ0) is 20.7. The average molecular weight is 409 g/mol. The van der Waals surface area contributed by atoms with E-state index in [0.717, 1.165) is 29.4 Å². The normalized spacial score (nSPS) is 22.6. The zero-order valence-electron chi connectivity index (χ0n) is 16.5. The van der Waals surface area contributed by atoms with Gasteiger partial charge in [0.2, 0.25) is 5.91 Å². The maximum Gasteiger partial charge on any atom is 0.326 e. The molecule has 8 heteroatoms. The van der Waals surface area contributed by atoms with Gasteiger partial charge in [0.15, 0.2) is 0 Å². The summed E-state index contributed by atoms with van der Waals surface area (Å²) in [6.45, 7) is 1.76. The molecule has 0 aliphatic carbocycles. The minimum absolute atomic E-state index is 0.0745. The van der Waals surface area contributed by atoms with E-state index >= 15 is 0 Å². The van der Waals surface area contributed by atoms with E-state index < -0.39 is 0 Å². The summed E-state index contributed by atoms with van der Waals surface area (Å²) in [4.78, 5) is 30.5. The lowest BCUT2D eigenvalue weighted by molar-refractivity contribution is -0.136. The van der Waals surface area contributed by atoms with E-state index in [4.69, 9.17) is 0 Å². The standard InChI is InChI=1S/C22H24FN5O2/c23-15-7-5-14(6-8-15)20-17(13-24-26-20)21(29)27-11-9-16(10-12-27)28-19-4-2-1-3-18(19)25-22(28)30/h1-8,16-17,20,24,26H,9-13H2,(H,25,30). The van der Waals surface area contributed by atoms with Crippen LogP contribution >= 0.6 is 0 Å². The van der Waals surface area contributed by atoms with E-state index in [1.54, 1.807) is 12.1 Å². The number of hydrazine groups is 1. The monoisotopic (exact) mass is 409 g/mol.